The van der Waals surface area contributed by atoms with Gasteiger partial charge in [-0.05, 0) is 39.5 Å². The lowest BCUT2D eigenvalue weighted by molar-refractivity contribution is -0.258. The molecule has 4 aliphatic rings. The molecule has 4 fully saturated rings. The van der Waals surface area contributed by atoms with E-state index in [-0.39, 0.29) is 12.8 Å². The molecular weight excluding hydrogens is 313 g/mol. The lowest BCUT2D eigenvalue weighted by Crippen LogP contribution is -2.59. The third-order valence-electron chi connectivity index (χ3n) is 6.04. The van der Waals surface area contributed by atoms with Gasteiger partial charge in [0.15, 0.2) is 5.41 Å². The molecule has 0 aromatic heterocycles. The van der Waals surface area contributed by atoms with Gasteiger partial charge in [0.25, 0.3) is 0 Å². The largest absolute Gasteiger partial charge is 0.458 e. The SMILES string of the molecule is CCC(C)(C)C(=O)OC1C2CCC3C1OC(=O)C3(C(F)(F)F)C2. The zero-order valence-corrected chi connectivity index (χ0v) is 13.4. The summed E-state index contributed by atoms with van der Waals surface area (Å²) in [5, 5.41) is 0. The molecular formula is C16H21F3O4. The molecule has 130 valence electrons. The Bertz CT molecular complexity index is 542. The molecule has 0 amide bonds. The van der Waals surface area contributed by atoms with Crippen LogP contribution in [0.1, 0.15) is 46.5 Å². The van der Waals surface area contributed by atoms with Crippen molar-refractivity contribution in [2.45, 2.75) is 64.8 Å². The Morgan fingerprint density at radius 3 is 2.57 bits per heavy atom. The van der Waals surface area contributed by atoms with E-state index in [1.807, 2.05) is 6.92 Å². The van der Waals surface area contributed by atoms with E-state index < -0.39 is 53.0 Å². The van der Waals surface area contributed by atoms with Gasteiger partial charge in [0.05, 0.1) is 5.41 Å². The molecule has 4 bridgehead atoms. The van der Waals surface area contributed by atoms with Gasteiger partial charge in [-0.2, -0.15) is 13.2 Å². The van der Waals surface area contributed by atoms with Crippen molar-refractivity contribution in [3.63, 3.8) is 0 Å². The van der Waals surface area contributed by atoms with Crippen molar-refractivity contribution in [2.75, 3.05) is 0 Å². The molecule has 23 heavy (non-hydrogen) atoms. The van der Waals surface area contributed by atoms with Crippen molar-refractivity contribution in [3.05, 3.63) is 0 Å². The van der Waals surface area contributed by atoms with Gasteiger partial charge in [0.1, 0.15) is 12.2 Å². The molecule has 0 radical (unpaired) electrons. The summed E-state index contributed by atoms with van der Waals surface area (Å²) in [5.74, 6) is -3.06. The van der Waals surface area contributed by atoms with Gasteiger partial charge >= 0.3 is 18.1 Å². The van der Waals surface area contributed by atoms with Crippen LogP contribution in [0.15, 0.2) is 0 Å². The first kappa shape index (κ1) is 16.6. The second-order valence-electron chi connectivity index (χ2n) is 7.59. The van der Waals surface area contributed by atoms with Gasteiger partial charge in [-0.3, -0.25) is 9.59 Å². The van der Waals surface area contributed by atoms with Gasteiger partial charge in [-0.1, -0.05) is 6.92 Å². The van der Waals surface area contributed by atoms with E-state index in [1.165, 1.54) is 0 Å². The number of alkyl halides is 3. The fourth-order valence-electron chi connectivity index (χ4n) is 4.17. The third kappa shape index (κ3) is 2.11. The molecule has 4 nitrogen and oxygen atoms in total. The molecule has 5 unspecified atom stereocenters. The summed E-state index contributed by atoms with van der Waals surface area (Å²) in [6, 6.07) is 0. The first-order chi connectivity index (χ1) is 10.5. The number of fused-ring (bicyclic) bond motifs is 1. The molecule has 5 atom stereocenters. The fraction of sp³-hybridized carbons (Fsp3) is 0.875. The highest BCUT2D eigenvalue weighted by atomic mass is 19.4. The van der Waals surface area contributed by atoms with Crippen molar-refractivity contribution in [2.24, 2.45) is 22.7 Å². The summed E-state index contributed by atoms with van der Waals surface area (Å²) in [6.07, 6.45) is -5.31. The number of ether oxygens (including phenoxy) is 2. The van der Waals surface area contributed by atoms with Crippen molar-refractivity contribution >= 4 is 11.9 Å². The summed E-state index contributed by atoms with van der Waals surface area (Å²) < 4.78 is 51.3. The smallest absolute Gasteiger partial charge is 0.405 e. The Labute approximate surface area is 132 Å². The van der Waals surface area contributed by atoms with Crippen LogP contribution in [-0.2, 0) is 19.1 Å². The second-order valence-corrected chi connectivity index (χ2v) is 7.59. The molecule has 1 heterocycles. The quantitative estimate of drug-likeness (QED) is 0.744. The van der Waals surface area contributed by atoms with Gasteiger partial charge < -0.3 is 9.47 Å². The number of rotatable bonds is 3. The Balaban J connectivity index is 1.88. The van der Waals surface area contributed by atoms with Crippen molar-refractivity contribution in [3.8, 4) is 0 Å². The number of carbonyl (C=O) groups is 2. The Hall–Kier alpha value is -1.27. The monoisotopic (exact) mass is 334 g/mol. The maximum atomic E-state index is 13.6. The predicted octanol–water partition coefficient (Wildman–Crippen LogP) is 3.24. The fourth-order valence-corrected chi connectivity index (χ4v) is 4.17. The molecule has 1 saturated heterocycles. The minimum Gasteiger partial charge on any atom is -0.458 e. The standard InChI is InChI=1S/C16H21F3O4/c1-4-14(2,3)12(20)22-10-8-5-6-9-11(10)23-13(21)15(9,7-8)16(17,18)19/h8-11H,4-7H2,1-3H3. The summed E-state index contributed by atoms with van der Waals surface area (Å²) >= 11 is 0. The minimum absolute atomic E-state index is 0.284. The van der Waals surface area contributed by atoms with E-state index in [1.54, 1.807) is 13.8 Å². The van der Waals surface area contributed by atoms with Crippen molar-refractivity contribution in [1.82, 2.24) is 0 Å². The van der Waals surface area contributed by atoms with E-state index in [4.69, 9.17) is 9.47 Å². The van der Waals surface area contributed by atoms with Crippen molar-refractivity contribution < 1.29 is 32.2 Å². The molecule has 7 heteroatoms. The van der Waals surface area contributed by atoms with E-state index >= 15 is 0 Å². The molecule has 0 spiro atoms. The van der Waals surface area contributed by atoms with Crippen LogP contribution < -0.4 is 0 Å². The molecule has 1 aliphatic heterocycles. The molecule has 3 saturated carbocycles. The molecule has 3 aliphatic carbocycles. The molecule has 0 aromatic rings. The van der Waals surface area contributed by atoms with Gasteiger partial charge in [0, 0.05) is 11.8 Å². The normalized spacial score (nSPS) is 39.3. The number of esters is 2. The lowest BCUT2D eigenvalue weighted by Gasteiger charge is -2.49. The first-order valence-corrected chi connectivity index (χ1v) is 8.03. The van der Waals surface area contributed by atoms with Crippen LogP contribution in [0.5, 0.6) is 0 Å². The summed E-state index contributed by atoms with van der Waals surface area (Å²) in [6.45, 7) is 5.31. The van der Waals surface area contributed by atoms with Crippen LogP contribution in [0.25, 0.3) is 0 Å². The van der Waals surface area contributed by atoms with Crippen LogP contribution in [-0.4, -0.2) is 30.3 Å². The minimum atomic E-state index is -4.63. The van der Waals surface area contributed by atoms with Crippen LogP contribution in [0, 0.1) is 22.7 Å². The Kier molecular flexibility index (Phi) is 3.51. The summed E-state index contributed by atoms with van der Waals surface area (Å²) in [4.78, 5) is 24.3. The predicted molar refractivity (Wildman–Crippen MR) is 73.2 cm³/mol. The maximum Gasteiger partial charge on any atom is 0.405 e. The number of hydrogen-bond acceptors (Lipinski definition) is 4. The van der Waals surface area contributed by atoms with E-state index in [0.717, 1.165) is 0 Å². The van der Waals surface area contributed by atoms with Crippen LogP contribution in [0.2, 0.25) is 0 Å². The second kappa shape index (κ2) is 4.86. The summed E-state index contributed by atoms with van der Waals surface area (Å²) in [7, 11) is 0. The first-order valence-electron chi connectivity index (χ1n) is 8.03. The lowest BCUT2D eigenvalue weighted by atomic mass is 9.55. The highest BCUT2D eigenvalue weighted by Crippen LogP contribution is 2.65. The highest BCUT2D eigenvalue weighted by Gasteiger charge is 2.77. The highest BCUT2D eigenvalue weighted by molar-refractivity contribution is 5.82. The number of halogens is 3. The third-order valence-corrected chi connectivity index (χ3v) is 6.04. The average Bonchev–Trinajstić information content (AvgIpc) is 2.72. The zero-order chi connectivity index (χ0) is 17.2. The van der Waals surface area contributed by atoms with E-state index in [9.17, 15) is 22.8 Å². The van der Waals surface area contributed by atoms with Gasteiger partial charge in [0.2, 0.25) is 0 Å². The molecule has 4 rings (SSSR count). The number of hydrogen-bond donors (Lipinski definition) is 0. The van der Waals surface area contributed by atoms with Crippen LogP contribution in [0.3, 0.4) is 0 Å². The van der Waals surface area contributed by atoms with Crippen molar-refractivity contribution in [1.29, 1.82) is 0 Å². The Morgan fingerprint density at radius 2 is 2.00 bits per heavy atom. The van der Waals surface area contributed by atoms with Gasteiger partial charge in [-0.15, -0.1) is 0 Å². The maximum absolute atomic E-state index is 13.6. The van der Waals surface area contributed by atoms with Crippen LogP contribution in [0.4, 0.5) is 13.2 Å². The Morgan fingerprint density at radius 1 is 1.35 bits per heavy atom. The average molecular weight is 334 g/mol. The molecule has 0 aromatic carbocycles. The topological polar surface area (TPSA) is 52.6 Å². The summed E-state index contributed by atoms with van der Waals surface area (Å²) in [5.41, 5.74) is -3.11. The van der Waals surface area contributed by atoms with E-state index in [2.05, 4.69) is 0 Å². The van der Waals surface area contributed by atoms with Crippen LogP contribution >= 0.6 is 0 Å². The molecule has 0 N–H and O–H groups in total. The number of carbonyl (C=O) groups excluding carboxylic acids is 2. The van der Waals surface area contributed by atoms with E-state index in [0.29, 0.717) is 12.8 Å². The van der Waals surface area contributed by atoms with Gasteiger partial charge in [-0.25, -0.2) is 0 Å². The zero-order valence-electron chi connectivity index (χ0n) is 13.4.